The molecular formula is C20H20N4O2. The molecule has 2 aromatic heterocycles. The molecule has 6 nitrogen and oxygen atoms in total. The Morgan fingerprint density at radius 1 is 1.23 bits per heavy atom. The van der Waals surface area contributed by atoms with Gasteiger partial charge in [0.25, 0.3) is 0 Å². The number of hydrogen-bond acceptors (Lipinski definition) is 4. The maximum absolute atomic E-state index is 11.6. The minimum absolute atomic E-state index is 0.0462. The number of aromatic nitrogens is 3. The summed E-state index contributed by atoms with van der Waals surface area (Å²) in [5, 5.41) is 6.79. The summed E-state index contributed by atoms with van der Waals surface area (Å²) in [7, 11) is 3.45. The van der Waals surface area contributed by atoms with Crippen LogP contribution < -0.4 is 4.74 Å². The SMILES string of the molecule is CN(C)C(=O)/C=C/c1cccc(COc2ccc(-c3ccn[nH]3)nc2)c1. The van der Waals surface area contributed by atoms with Crippen molar-refractivity contribution < 1.29 is 9.53 Å². The zero-order chi connectivity index (χ0) is 18.4. The lowest BCUT2D eigenvalue weighted by Gasteiger charge is -2.08. The van der Waals surface area contributed by atoms with E-state index < -0.39 is 0 Å². The molecular weight excluding hydrogens is 328 g/mol. The molecule has 1 aromatic carbocycles. The van der Waals surface area contributed by atoms with Crippen LogP contribution in [0, 0.1) is 0 Å². The molecule has 2 heterocycles. The number of benzene rings is 1. The number of nitrogens with zero attached hydrogens (tertiary/aromatic N) is 3. The highest BCUT2D eigenvalue weighted by atomic mass is 16.5. The van der Waals surface area contributed by atoms with E-state index in [1.54, 1.807) is 38.6 Å². The Hall–Kier alpha value is -3.41. The number of pyridine rings is 1. The van der Waals surface area contributed by atoms with Gasteiger partial charge in [-0.3, -0.25) is 14.9 Å². The third-order valence-electron chi connectivity index (χ3n) is 3.73. The summed E-state index contributed by atoms with van der Waals surface area (Å²) in [6, 6.07) is 13.5. The Balaban J connectivity index is 1.61. The van der Waals surface area contributed by atoms with Crippen molar-refractivity contribution in [2.45, 2.75) is 6.61 Å². The lowest BCUT2D eigenvalue weighted by atomic mass is 10.1. The Labute approximate surface area is 152 Å². The number of carbonyl (C=O) groups is 1. The first-order valence-corrected chi connectivity index (χ1v) is 8.19. The van der Waals surface area contributed by atoms with E-state index in [1.165, 1.54) is 4.90 Å². The molecule has 0 aliphatic carbocycles. The van der Waals surface area contributed by atoms with Crippen molar-refractivity contribution in [3.63, 3.8) is 0 Å². The van der Waals surface area contributed by atoms with E-state index in [1.807, 2.05) is 42.5 Å². The van der Waals surface area contributed by atoms with E-state index >= 15 is 0 Å². The van der Waals surface area contributed by atoms with Crippen molar-refractivity contribution in [3.8, 4) is 17.1 Å². The quantitative estimate of drug-likeness (QED) is 0.695. The fourth-order valence-electron chi connectivity index (χ4n) is 2.29. The topological polar surface area (TPSA) is 71.1 Å². The van der Waals surface area contributed by atoms with Crippen LogP contribution in [-0.4, -0.2) is 40.1 Å². The highest BCUT2D eigenvalue weighted by molar-refractivity contribution is 5.91. The van der Waals surface area contributed by atoms with Crippen LogP contribution in [0.15, 0.2) is 60.9 Å². The number of likely N-dealkylation sites (N-methyl/N-ethyl adjacent to an activating group) is 1. The largest absolute Gasteiger partial charge is 0.487 e. The molecule has 3 aromatic rings. The number of rotatable bonds is 6. The number of amides is 1. The summed E-state index contributed by atoms with van der Waals surface area (Å²) >= 11 is 0. The molecule has 1 amide bonds. The molecule has 0 radical (unpaired) electrons. The van der Waals surface area contributed by atoms with Gasteiger partial charge >= 0.3 is 0 Å². The molecule has 0 bridgehead atoms. The maximum atomic E-state index is 11.6. The summed E-state index contributed by atoms with van der Waals surface area (Å²) in [6.07, 6.45) is 6.73. The van der Waals surface area contributed by atoms with Crippen molar-refractivity contribution in [1.29, 1.82) is 0 Å². The summed E-state index contributed by atoms with van der Waals surface area (Å²) in [5.74, 6) is 0.645. The molecule has 132 valence electrons. The summed E-state index contributed by atoms with van der Waals surface area (Å²) in [6.45, 7) is 0.425. The Morgan fingerprint density at radius 2 is 2.12 bits per heavy atom. The van der Waals surface area contributed by atoms with E-state index in [-0.39, 0.29) is 5.91 Å². The van der Waals surface area contributed by atoms with Gasteiger partial charge in [0.05, 0.1) is 17.6 Å². The van der Waals surface area contributed by atoms with Gasteiger partial charge in [0.2, 0.25) is 5.91 Å². The Morgan fingerprint density at radius 3 is 2.81 bits per heavy atom. The zero-order valence-corrected chi connectivity index (χ0v) is 14.7. The summed E-state index contributed by atoms with van der Waals surface area (Å²) in [4.78, 5) is 17.5. The van der Waals surface area contributed by atoms with Crippen molar-refractivity contribution in [2.75, 3.05) is 14.1 Å². The van der Waals surface area contributed by atoms with Gasteiger partial charge in [-0.25, -0.2) is 0 Å². The number of hydrogen-bond donors (Lipinski definition) is 1. The van der Waals surface area contributed by atoms with Gasteiger partial charge < -0.3 is 9.64 Å². The van der Waals surface area contributed by atoms with Gasteiger partial charge in [0.1, 0.15) is 12.4 Å². The van der Waals surface area contributed by atoms with Gasteiger partial charge in [-0.2, -0.15) is 5.10 Å². The molecule has 6 heteroatoms. The van der Waals surface area contributed by atoms with E-state index in [0.717, 1.165) is 22.5 Å². The second-order valence-electron chi connectivity index (χ2n) is 5.95. The van der Waals surface area contributed by atoms with E-state index in [4.69, 9.17) is 4.74 Å². The standard InChI is InChI=1S/C20H20N4O2/c1-24(2)20(25)9-6-15-4-3-5-16(12-15)14-26-17-7-8-18(21-13-17)19-10-11-22-23-19/h3-13H,14H2,1-2H3,(H,22,23)/b9-6+. The number of carbonyl (C=O) groups excluding carboxylic acids is 1. The molecule has 3 rings (SSSR count). The molecule has 0 spiro atoms. The highest BCUT2D eigenvalue weighted by Crippen LogP contribution is 2.18. The third kappa shape index (κ3) is 4.57. The second-order valence-corrected chi connectivity index (χ2v) is 5.95. The van der Waals surface area contributed by atoms with Crippen LogP contribution in [0.1, 0.15) is 11.1 Å². The van der Waals surface area contributed by atoms with E-state index in [0.29, 0.717) is 12.4 Å². The van der Waals surface area contributed by atoms with Crippen molar-refractivity contribution >= 4 is 12.0 Å². The lowest BCUT2D eigenvalue weighted by molar-refractivity contribution is -0.123. The van der Waals surface area contributed by atoms with Crippen molar-refractivity contribution in [3.05, 3.63) is 72.1 Å². The number of H-pyrrole nitrogens is 1. The maximum Gasteiger partial charge on any atom is 0.246 e. The molecule has 0 atom stereocenters. The van der Waals surface area contributed by atoms with E-state index in [2.05, 4.69) is 15.2 Å². The first kappa shape index (κ1) is 17.4. The molecule has 0 saturated carbocycles. The predicted octanol–water partition coefficient (Wildman–Crippen LogP) is 3.15. The minimum Gasteiger partial charge on any atom is -0.487 e. The number of aromatic amines is 1. The normalized spacial score (nSPS) is 10.8. The summed E-state index contributed by atoms with van der Waals surface area (Å²) in [5.41, 5.74) is 3.65. The molecule has 26 heavy (non-hydrogen) atoms. The van der Waals surface area contributed by atoms with Crippen LogP contribution in [0.25, 0.3) is 17.5 Å². The second kappa shape index (κ2) is 8.11. The molecule has 1 N–H and O–H groups in total. The summed E-state index contributed by atoms with van der Waals surface area (Å²) < 4.78 is 5.80. The molecule has 0 unspecified atom stereocenters. The highest BCUT2D eigenvalue weighted by Gasteiger charge is 2.02. The smallest absolute Gasteiger partial charge is 0.246 e. The predicted molar refractivity (Wildman–Crippen MR) is 100 cm³/mol. The minimum atomic E-state index is -0.0462. The van der Waals surface area contributed by atoms with Gasteiger partial charge in [0.15, 0.2) is 0 Å². The van der Waals surface area contributed by atoms with Crippen molar-refractivity contribution in [1.82, 2.24) is 20.1 Å². The first-order chi connectivity index (χ1) is 12.6. The van der Waals surface area contributed by atoms with Crippen LogP contribution in [0.3, 0.4) is 0 Å². The van der Waals surface area contributed by atoms with Gasteiger partial charge in [-0.1, -0.05) is 18.2 Å². The Kier molecular flexibility index (Phi) is 5.43. The zero-order valence-electron chi connectivity index (χ0n) is 14.7. The van der Waals surface area contributed by atoms with Crippen LogP contribution in [-0.2, 0) is 11.4 Å². The number of nitrogens with one attached hydrogen (secondary N) is 1. The first-order valence-electron chi connectivity index (χ1n) is 8.19. The molecule has 0 saturated heterocycles. The molecule has 0 aliphatic rings. The van der Waals surface area contributed by atoms with Crippen LogP contribution in [0.5, 0.6) is 5.75 Å². The lowest BCUT2D eigenvalue weighted by Crippen LogP contribution is -2.18. The fraction of sp³-hybridized carbons (Fsp3) is 0.150. The van der Waals surface area contributed by atoms with Crippen LogP contribution in [0.2, 0.25) is 0 Å². The van der Waals surface area contributed by atoms with Gasteiger partial charge in [-0.15, -0.1) is 0 Å². The van der Waals surface area contributed by atoms with Gasteiger partial charge in [0, 0.05) is 26.4 Å². The fourth-order valence-corrected chi connectivity index (χ4v) is 2.29. The average molecular weight is 348 g/mol. The molecule has 0 aliphatic heterocycles. The third-order valence-corrected chi connectivity index (χ3v) is 3.73. The van der Waals surface area contributed by atoms with Crippen LogP contribution in [0.4, 0.5) is 0 Å². The molecule has 0 fully saturated rings. The van der Waals surface area contributed by atoms with Crippen LogP contribution >= 0.6 is 0 Å². The van der Waals surface area contributed by atoms with Gasteiger partial charge in [-0.05, 0) is 41.5 Å². The number of ether oxygens (including phenoxy) is 1. The van der Waals surface area contributed by atoms with E-state index in [9.17, 15) is 4.79 Å². The monoisotopic (exact) mass is 348 g/mol. The van der Waals surface area contributed by atoms with Crippen molar-refractivity contribution in [2.24, 2.45) is 0 Å². The average Bonchev–Trinajstić information content (AvgIpc) is 3.20. The Bertz CT molecular complexity index is 884.